The first-order chi connectivity index (χ1) is 8.52. The maximum absolute atomic E-state index is 12.2. The molecule has 1 aliphatic heterocycles. The second-order valence-corrected chi connectivity index (χ2v) is 5.15. The van der Waals surface area contributed by atoms with Gasteiger partial charge in [-0.05, 0) is 13.8 Å². The normalized spacial score (nSPS) is 18.9. The summed E-state index contributed by atoms with van der Waals surface area (Å²) in [5.74, 6) is 0.478. The van der Waals surface area contributed by atoms with Gasteiger partial charge >= 0.3 is 0 Å². The number of carbonyl (C=O) groups excluding carboxylic acids is 1. The smallest absolute Gasteiger partial charge is 0.276 e. The molecular formula is C12H19N3O3. The van der Waals surface area contributed by atoms with Crippen LogP contribution in [0.3, 0.4) is 0 Å². The summed E-state index contributed by atoms with van der Waals surface area (Å²) in [6, 6.07) is 1.64. The van der Waals surface area contributed by atoms with Crippen molar-refractivity contribution in [3.8, 4) is 0 Å². The third kappa shape index (κ3) is 2.88. The van der Waals surface area contributed by atoms with Crippen LogP contribution in [0, 0.1) is 0 Å². The van der Waals surface area contributed by atoms with Gasteiger partial charge in [0.25, 0.3) is 5.91 Å². The molecule has 18 heavy (non-hydrogen) atoms. The summed E-state index contributed by atoms with van der Waals surface area (Å²) < 4.78 is 9.96. The maximum Gasteiger partial charge on any atom is 0.276 e. The number of methoxy groups -OCH3 is 1. The summed E-state index contributed by atoms with van der Waals surface area (Å²) in [5, 5.41) is 7.15. The highest BCUT2D eigenvalue weighted by Crippen LogP contribution is 2.14. The second-order valence-electron chi connectivity index (χ2n) is 5.15. The molecule has 1 fully saturated rings. The third-order valence-electron chi connectivity index (χ3n) is 2.92. The van der Waals surface area contributed by atoms with E-state index in [4.69, 9.17) is 9.26 Å². The highest BCUT2D eigenvalue weighted by molar-refractivity contribution is 5.92. The van der Waals surface area contributed by atoms with Crippen LogP contribution in [0.4, 0.5) is 0 Å². The van der Waals surface area contributed by atoms with Gasteiger partial charge in [0.05, 0.1) is 0 Å². The van der Waals surface area contributed by atoms with E-state index in [1.807, 2.05) is 0 Å². The average Bonchev–Trinajstić information content (AvgIpc) is 2.76. The zero-order valence-electron chi connectivity index (χ0n) is 11.0. The molecule has 0 bridgehead atoms. The third-order valence-corrected chi connectivity index (χ3v) is 2.92. The van der Waals surface area contributed by atoms with Crippen LogP contribution in [0.25, 0.3) is 0 Å². The molecule has 1 aromatic rings. The Morgan fingerprint density at radius 3 is 3.11 bits per heavy atom. The molecule has 1 amide bonds. The molecule has 0 atom stereocenters. The van der Waals surface area contributed by atoms with E-state index in [1.54, 1.807) is 18.1 Å². The Hall–Kier alpha value is -1.40. The summed E-state index contributed by atoms with van der Waals surface area (Å²) in [5.41, 5.74) is 0.284. The molecule has 1 aromatic heterocycles. The molecule has 6 heteroatoms. The first kappa shape index (κ1) is 13.0. The van der Waals surface area contributed by atoms with Crippen molar-refractivity contribution in [2.24, 2.45) is 0 Å². The van der Waals surface area contributed by atoms with Crippen molar-refractivity contribution in [3.63, 3.8) is 0 Å². The van der Waals surface area contributed by atoms with Gasteiger partial charge in [-0.3, -0.25) is 4.79 Å². The SMILES string of the molecule is COCc1cc(C(=O)N2CCNC(C)(C)C2)no1. The van der Waals surface area contributed by atoms with Crippen molar-refractivity contribution in [1.82, 2.24) is 15.4 Å². The number of aromatic nitrogens is 1. The molecule has 2 rings (SSSR count). The van der Waals surface area contributed by atoms with E-state index in [0.29, 0.717) is 31.2 Å². The first-order valence-electron chi connectivity index (χ1n) is 6.01. The van der Waals surface area contributed by atoms with Crippen molar-refractivity contribution in [2.45, 2.75) is 26.0 Å². The van der Waals surface area contributed by atoms with E-state index < -0.39 is 0 Å². The lowest BCUT2D eigenvalue weighted by atomic mass is 10.0. The molecule has 0 unspecified atom stereocenters. The van der Waals surface area contributed by atoms with Crippen LogP contribution in [-0.4, -0.2) is 48.2 Å². The standard InChI is InChI=1S/C12H19N3O3/c1-12(2)8-15(5-4-13-12)11(16)10-6-9(7-17-3)18-14-10/h6,13H,4-5,7-8H2,1-3H3. The number of hydrogen-bond donors (Lipinski definition) is 1. The van der Waals surface area contributed by atoms with Gasteiger partial charge in [0.15, 0.2) is 11.5 Å². The summed E-state index contributed by atoms with van der Waals surface area (Å²) in [4.78, 5) is 14.0. The van der Waals surface area contributed by atoms with Gasteiger partial charge < -0.3 is 19.5 Å². The van der Waals surface area contributed by atoms with E-state index in [1.165, 1.54) is 0 Å². The van der Waals surface area contributed by atoms with E-state index >= 15 is 0 Å². The number of hydrogen-bond acceptors (Lipinski definition) is 5. The van der Waals surface area contributed by atoms with Crippen molar-refractivity contribution < 1.29 is 14.1 Å². The minimum absolute atomic E-state index is 0.0625. The monoisotopic (exact) mass is 253 g/mol. The molecule has 6 nitrogen and oxygen atoms in total. The van der Waals surface area contributed by atoms with Gasteiger partial charge in [-0.25, -0.2) is 0 Å². The van der Waals surface area contributed by atoms with Crippen molar-refractivity contribution >= 4 is 5.91 Å². The molecule has 2 heterocycles. The molecule has 100 valence electrons. The van der Waals surface area contributed by atoms with Gasteiger partial charge in [-0.1, -0.05) is 5.16 Å². The molecule has 0 aromatic carbocycles. The van der Waals surface area contributed by atoms with Gasteiger partial charge in [0, 0.05) is 38.3 Å². The molecule has 0 saturated carbocycles. The Labute approximate surface area is 106 Å². The summed E-state index contributed by atoms with van der Waals surface area (Å²) in [6.45, 7) is 6.62. The number of carbonyl (C=O) groups is 1. The molecule has 0 aliphatic carbocycles. The minimum Gasteiger partial charge on any atom is -0.377 e. The number of piperazine rings is 1. The second kappa shape index (κ2) is 5.07. The van der Waals surface area contributed by atoms with Crippen molar-refractivity contribution in [2.75, 3.05) is 26.7 Å². The van der Waals surface area contributed by atoms with Crippen molar-refractivity contribution in [3.05, 3.63) is 17.5 Å². The number of nitrogens with zero attached hydrogens (tertiary/aromatic N) is 2. The lowest BCUT2D eigenvalue weighted by Gasteiger charge is -2.38. The molecule has 0 spiro atoms. The minimum atomic E-state index is -0.0873. The molecule has 1 aliphatic rings. The summed E-state index contributed by atoms with van der Waals surface area (Å²) in [6.07, 6.45) is 0. The number of rotatable bonds is 3. The highest BCUT2D eigenvalue weighted by atomic mass is 16.5. The Morgan fingerprint density at radius 2 is 2.44 bits per heavy atom. The quantitative estimate of drug-likeness (QED) is 0.856. The predicted octanol–water partition coefficient (Wildman–Crippen LogP) is 0.645. The molecule has 0 radical (unpaired) electrons. The van der Waals surface area contributed by atoms with Crippen LogP contribution in [-0.2, 0) is 11.3 Å². The van der Waals surface area contributed by atoms with E-state index in [-0.39, 0.29) is 11.4 Å². The summed E-state index contributed by atoms with van der Waals surface area (Å²) >= 11 is 0. The topological polar surface area (TPSA) is 67.6 Å². The molecule has 1 N–H and O–H groups in total. The van der Waals surface area contributed by atoms with Gasteiger partial charge in [-0.2, -0.15) is 0 Å². The Bertz CT molecular complexity index is 428. The largest absolute Gasteiger partial charge is 0.377 e. The first-order valence-corrected chi connectivity index (χ1v) is 6.01. The van der Waals surface area contributed by atoms with Crippen LogP contribution in [0.15, 0.2) is 10.6 Å². The van der Waals surface area contributed by atoms with E-state index in [9.17, 15) is 4.79 Å². The van der Waals surface area contributed by atoms with Crippen molar-refractivity contribution in [1.29, 1.82) is 0 Å². The Kier molecular flexibility index (Phi) is 3.68. The zero-order valence-corrected chi connectivity index (χ0v) is 11.0. The fourth-order valence-corrected chi connectivity index (χ4v) is 2.10. The van der Waals surface area contributed by atoms with Crippen LogP contribution < -0.4 is 5.32 Å². The highest BCUT2D eigenvalue weighted by Gasteiger charge is 2.30. The number of nitrogens with one attached hydrogen (secondary N) is 1. The summed E-state index contributed by atoms with van der Waals surface area (Å²) in [7, 11) is 1.57. The van der Waals surface area contributed by atoms with Gasteiger partial charge in [0.2, 0.25) is 0 Å². The lowest BCUT2D eigenvalue weighted by molar-refractivity contribution is 0.0641. The van der Waals surface area contributed by atoms with E-state index in [0.717, 1.165) is 6.54 Å². The number of ether oxygens (including phenoxy) is 1. The van der Waals surface area contributed by atoms with Crippen LogP contribution in [0.1, 0.15) is 30.1 Å². The Morgan fingerprint density at radius 1 is 1.67 bits per heavy atom. The Balaban J connectivity index is 2.05. The lowest BCUT2D eigenvalue weighted by Crippen LogP contribution is -2.58. The molecular weight excluding hydrogens is 234 g/mol. The predicted molar refractivity (Wildman–Crippen MR) is 65.2 cm³/mol. The van der Waals surface area contributed by atoms with Crippen LogP contribution in [0.2, 0.25) is 0 Å². The number of amides is 1. The average molecular weight is 253 g/mol. The van der Waals surface area contributed by atoms with E-state index in [2.05, 4.69) is 24.3 Å². The zero-order chi connectivity index (χ0) is 13.2. The van der Waals surface area contributed by atoms with Gasteiger partial charge in [0.1, 0.15) is 6.61 Å². The van der Waals surface area contributed by atoms with Gasteiger partial charge in [-0.15, -0.1) is 0 Å². The van der Waals surface area contributed by atoms with Crippen LogP contribution >= 0.6 is 0 Å². The maximum atomic E-state index is 12.2. The fraction of sp³-hybridized carbons (Fsp3) is 0.667. The molecule has 1 saturated heterocycles. The van der Waals surface area contributed by atoms with Crippen LogP contribution in [0.5, 0.6) is 0 Å². The fourth-order valence-electron chi connectivity index (χ4n) is 2.10.